The maximum Gasteiger partial charge on any atom is 0.340 e. The van der Waals surface area contributed by atoms with E-state index in [1.165, 1.54) is 24.1 Å². The summed E-state index contributed by atoms with van der Waals surface area (Å²) in [4.78, 5) is 10.8. The fraction of sp³-hybridized carbons (Fsp3) is 0.417. The largest absolute Gasteiger partial charge is 0.478 e. The average Bonchev–Trinajstić information content (AvgIpc) is 2.34. The number of carbonyl (C=O) groups is 1. The monoisotopic (exact) mass is 293 g/mol. The third-order valence-electron chi connectivity index (χ3n) is 1.79. The molecule has 0 aliphatic heterocycles. The summed E-state index contributed by atoms with van der Waals surface area (Å²) < 4.78 is 16.4. The van der Waals surface area contributed by atoms with Crippen LogP contribution in [0.2, 0.25) is 5.02 Å². The fourth-order valence-electron chi connectivity index (χ4n) is 1.06. The highest BCUT2D eigenvalue weighted by Gasteiger charge is 2.18. The molecule has 0 radical (unpaired) electrons. The number of nitrogens with one attached hydrogen (secondary N) is 1. The lowest BCUT2D eigenvalue weighted by Crippen LogP contribution is -2.04. The molecule has 0 aromatic heterocycles. The maximum atomic E-state index is 13.7. The summed E-state index contributed by atoms with van der Waals surface area (Å²) in [5.41, 5.74) is -0.357. The van der Waals surface area contributed by atoms with Crippen LogP contribution in [-0.2, 0) is 0 Å². The van der Waals surface area contributed by atoms with Gasteiger partial charge in [0, 0.05) is 5.75 Å². The molecule has 0 amide bonds. The summed E-state index contributed by atoms with van der Waals surface area (Å²) in [6.45, 7) is 6.00. The zero-order chi connectivity index (χ0) is 14.1. The van der Waals surface area contributed by atoms with E-state index in [0.717, 1.165) is 12.2 Å². The molecule has 2 N–H and O–H groups in total. The molecule has 0 fully saturated rings. The molecule has 3 nitrogen and oxygen atoms in total. The maximum absolute atomic E-state index is 13.7. The second kappa shape index (κ2) is 9.05. The normalized spacial score (nSPS) is 9.39. The molecule has 1 aromatic carbocycles. The Labute approximate surface area is 116 Å². The first-order valence-corrected chi connectivity index (χ1v) is 7.03. The van der Waals surface area contributed by atoms with Crippen molar-refractivity contribution in [1.29, 1.82) is 0 Å². The van der Waals surface area contributed by atoms with Gasteiger partial charge in [-0.15, -0.1) is 0 Å². The Hall–Kier alpha value is -0.940. The van der Waals surface area contributed by atoms with Gasteiger partial charge in [0.15, 0.2) is 5.82 Å². The summed E-state index contributed by atoms with van der Waals surface area (Å²) >= 11 is 6.92. The molecule has 0 saturated heterocycles. The first-order valence-electron chi connectivity index (χ1n) is 5.67. The molecule has 0 saturated carbocycles. The number of aromatic carboxylic acids is 1. The Morgan fingerprint density at radius 2 is 2.11 bits per heavy atom. The summed E-state index contributed by atoms with van der Waals surface area (Å²) in [6, 6.07) is 2.79. The minimum Gasteiger partial charge on any atom is -0.478 e. The van der Waals surface area contributed by atoms with Gasteiger partial charge in [-0.05, 0) is 18.6 Å². The molecule has 1 aromatic rings. The van der Waals surface area contributed by atoms with E-state index in [1.54, 1.807) is 0 Å². The molecule has 0 bridgehead atoms. The van der Waals surface area contributed by atoms with Gasteiger partial charge in [-0.1, -0.05) is 44.3 Å². The lowest BCUT2D eigenvalue weighted by molar-refractivity contribution is 0.0692. The molecule has 0 unspecified atom stereocenters. The van der Waals surface area contributed by atoms with Crippen LogP contribution in [0.15, 0.2) is 12.1 Å². The average molecular weight is 294 g/mol. The van der Waals surface area contributed by atoms with Gasteiger partial charge in [0.2, 0.25) is 0 Å². The van der Waals surface area contributed by atoms with Crippen molar-refractivity contribution in [2.24, 2.45) is 0 Å². The highest BCUT2D eigenvalue weighted by molar-refractivity contribution is 8.00. The predicted molar refractivity (Wildman–Crippen MR) is 76.1 cm³/mol. The van der Waals surface area contributed by atoms with Crippen molar-refractivity contribution in [2.75, 3.05) is 10.5 Å². The van der Waals surface area contributed by atoms with E-state index in [0.29, 0.717) is 0 Å². The molecule has 0 aliphatic carbocycles. The van der Waals surface area contributed by atoms with E-state index < -0.39 is 17.3 Å². The summed E-state index contributed by atoms with van der Waals surface area (Å²) in [6.07, 6.45) is 0.943. The molecule has 0 atom stereocenters. The van der Waals surface area contributed by atoms with Crippen LogP contribution in [0, 0.1) is 5.82 Å². The van der Waals surface area contributed by atoms with Gasteiger partial charge in [0.25, 0.3) is 0 Å². The summed E-state index contributed by atoms with van der Waals surface area (Å²) in [5, 5.41) is 8.68. The Balaban J connectivity index is 0.00000137. The van der Waals surface area contributed by atoms with Crippen LogP contribution in [0.3, 0.4) is 0 Å². The summed E-state index contributed by atoms with van der Waals surface area (Å²) in [5.74, 6) is -1.39. The third-order valence-corrected chi connectivity index (χ3v) is 3.08. The van der Waals surface area contributed by atoms with Gasteiger partial charge in [0.05, 0.1) is 10.7 Å². The second-order valence-corrected chi connectivity index (χ2v) is 4.35. The molecule has 0 aliphatic rings. The molecule has 0 heterocycles. The standard InChI is InChI=1S/C10H11ClFNO2S.C2H6/c1-2-5-16-13-7-4-3-6(11)8(9(7)12)10(14)15;1-2/h3-4,13H,2,5H2,1H3,(H,14,15);1-2H3. The van der Waals surface area contributed by atoms with Crippen molar-refractivity contribution in [1.82, 2.24) is 0 Å². The number of hydrogen-bond donors (Lipinski definition) is 2. The van der Waals surface area contributed by atoms with Crippen LogP contribution in [0.4, 0.5) is 10.1 Å². The quantitative estimate of drug-likeness (QED) is 0.611. The molecule has 18 heavy (non-hydrogen) atoms. The number of carboxylic acid groups (broad SMARTS) is 1. The molecule has 1 rings (SSSR count). The van der Waals surface area contributed by atoms with E-state index in [2.05, 4.69) is 4.72 Å². The van der Waals surface area contributed by atoms with Gasteiger partial charge in [0.1, 0.15) is 5.56 Å². The third kappa shape index (κ3) is 4.74. The van der Waals surface area contributed by atoms with Gasteiger partial charge >= 0.3 is 5.97 Å². The van der Waals surface area contributed by atoms with E-state index >= 15 is 0 Å². The van der Waals surface area contributed by atoms with Gasteiger partial charge in [-0.2, -0.15) is 0 Å². The first-order chi connectivity index (χ1) is 8.57. The molecule has 102 valence electrons. The van der Waals surface area contributed by atoms with Gasteiger partial charge in [-0.25, -0.2) is 9.18 Å². The van der Waals surface area contributed by atoms with Crippen LogP contribution in [-0.4, -0.2) is 16.8 Å². The minimum atomic E-state index is -1.37. The number of anilines is 1. The second-order valence-electron chi connectivity index (χ2n) is 3.04. The topological polar surface area (TPSA) is 49.3 Å². The van der Waals surface area contributed by atoms with Crippen LogP contribution < -0.4 is 4.72 Å². The van der Waals surface area contributed by atoms with Crippen LogP contribution in [0.25, 0.3) is 0 Å². The van der Waals surface area contributed by atoms with E-state index in [4.69, 9.17) is 16.7 Å². The number of hydrogen-bond acceptors (Lipinski definition) is 3. The van der Waals surface area contributed by atoms with Gasteiger partial charge < -0.3 is 9.83 Å². The van der Waals surface area contributed by atoms with Crippen molar-refractivity contribution in [3.8, 4) is 0 Å². The number of halogens is 2. The van der Waals surface area contributed by atoms with E-state index in [1.807, 2.05) is 20.8 Å². The first kappa shape index (κ1) is 17.1. The lowest BCUT2D eigenvalue weighted by Gasteiger charge is -2.08. The van der Waals surface area contributed by atoms with Crippen molar-refractivity contribution in [3.63, 3.8) is 0 Å². The highest BCUT2D eigenvalue weighted by Crippen LogP contribution is 2.27. The number of benzene rings is 1. The molecule has 6 heteroatoms. The number of rotatable bonds is 5. The Morgan fingerprint density at radius 3 is 2.61 bits per heavy atom. The highest BCUT2D eigenvalue weighted by atomic mass is 35.5. The van der Waals surface area contributed by atoms with E-state index in [-0.39, 0.29) is 10.7 Å². The lowest BCUT2D eigenvalue weighted by atomic mass is 10.2. The Bertz CT molecular complexity index is 402. The SMILES string of the molecule is CC.CCCSNc1ccc(Cl)c(C(=O)O)c1F. The smallest absolute Gasteiger partial charge is 0.340 e. The van der Waals surface area contributed by atoms with Crippen LogP contribution in [0.1, 0.15) is 37.6 Å². The van der Waals surface area contributed by atoms with Crippen molar-refractivity contribution < 1.29 is 14.3 Å². The van der Waals surface area contributed by atoms with E-state index in [9.17, 15) is 9.18 Å². The predicted octanol–water partition coefficient (Wildman–Crippen LogP) is 4.67. The summed E-state index contributed by atoms with van der Waals surface area (Å²) in [7, 11) is 0. The van der Waals surface area contributed by atoms with Crippen molar-refractivity contribution >= 4 is 35.2 Å². The molecule has 0 spiro atoms. The van der Waals surface area contributed by atoms with Crippen molar-refractivity contribution in [3.05, 3.63) is 28.5 Å². The minimum absolute atomic E-state index is 0.101. The molecular weight excluding hydrogens is 277 g/mol. The zero-order valence-corrected chi connectivity index (χ0v) is 12.2. The Kier molecular flexibility index (Phi) is 8.58. The van der Waals surface area contributed by atoms with Crippen molar-refractivity contribution in [2.45, 2.75) is 27.2 Å². The zero-order valence-electron chi connectivity index (χ0n) is 10.6. The Morgan fingerprint density at radius 1 is 1.50 bits per heavy atom. The van der Waals surface area contributed by atoms with Crippen LogP contribution >= 0.6 is 23.5 Å². The number of carboxylic acids is 1. The van der Waals surface area contributed by atoms with Gasteiger partial charge in [-0.3, -0.25) is 0 Å². The van der Waals surface area contributed by atoms with Crippen LogP contribution in [0.5, 0.6) is 0 Å². The molecular formula is C12H17ClFNO2S. The fourth-order valence-corrected chi connectivity index (χ4v) is 1.90.